The minimum absolute atomic E-state index is 0.286. The number of unbranched alkanes of at least 4 members (excludes halogenated alkanes) is 6. The van der Waals surface area contributed by atoms with Crippen molar-refractivity contribution in [3.8, 4) is 0 Å². The van der Waals surface area contributed by atoms with Crippen molar-refractivity contribution in [3.63, 3.8) is 0 Å². The van der Waals surface area contributed by atoms with E-state index in [1.54, 1.807) is 0 Å². The van der Waals surface area contributed by atoms with Crippen LogP contribution in [-0.4, -0.2) is 17.5 Å². The van der Waals surface area contributed by atoms with Crippen LogP contribution in [0.4, 0.5) is 4.79 Å². The fourth-order valence-corrected chi connectivity index (χ4v) is 2.22. The topological polar surface area (TPSA) is 41.8 Å². The molecule has 0 fully saturated rings. The van der Waals surface area contributed by atoms with E-state index in [9.17, 15) is 4.79 Å². The van der Waals surface area contributed by atoms with E-state index in [-0.39, 0.29) is 6.03 Å². The summed E-state index contributed by atoms with van der Waals surface area (Å²) in [4.78, 5) is 19.3. The number of rotatable bonds is 10. The highest BCUT2D eigenvalue weighted by Crippen LogP contribution is 2.14. The Morgan fingerprint density at radius 2 is 1.17 bits per heavy atom. The lowest BCUT2D eigenvalue weighted by molar-refractivity contribution is 0.257. The molecule has 0 aromatic carbocycles. The van der Waals surface area contributed by atoms with Gasteiger partial charge in [-0.05, 0) is 25.7 Å². The van der Waals surface area contributed by atoms with Crippen molar-refractivity contribution in [2.45, 2.75) is 78.1 Å². The summed E-state index contributed by atoms with van der Waals surface area (Å²) in [5.74, 6) is 0. The molecule has 0 saturated heterocycles. The first kappa shape index (κ1) is 15.1. The van der Waals surface area contributed by atoms with Gasteiger partial charge in [-0.3, -0.25) is 0 Å². The van der Waals surface area contributed by atoms with Crippen LogP contribution >= 0.6 is 0 Å². The molecular formula is C15H26N2O. The van der Waals surface area contributed by atoms with Crippen molar-refractivity contribution in [2.75, 3.05) is 0 Å². The zero-order valence-electron chi connectivity index (χ0n) is 11.9. The minimum atomic E-state index is -0.286. The van der Waals surface area contributed by atoms with E-state index in [1.807, 2.05) is 0 Å². The predicted molar refractivity (Wildman–Crippen MR) is 77.8 cm³/mol. The summed E-state index contributed by atoms with van der Waals surface area (Å²) in [6.45, 7) is 4.41. The maximum Gasteiger partial charge on any atom is 0.367 e. The standard InChI is InChI=1S/C15H26N2O/c1-3-5-7-9-11-13-14(17-15(18)16-13)12-10-8-6-4-2/h3-12H2,1-2H3. The largest absolute Gasteiger partial charge is 0.367 e. The van der Waals surface area contributed by atoms with Crippen LogP contribution in [0.15, 0.2) is 9.98 Å². The quantitative estimate of drug-likeness (QED) is 0.506. The third-order valence-electron chi connectivity index (χ3n) is 3.33. The SMILES string of the molecule is CCCCCCC1=NC(=O)N=C1CCCCCC. The molecule has 0 aliphatic carbocycles. The molecule has 2 amide bonds. The van der Waals surface area contributed by atoms with Gasteiger partial charge >= 0.3 is 6.03 Å². The van der Waals surface area contributed by atoms with E-state index in [4.69, 9.17) is 0 Å². The third-order valence-corrected chi connectivity index (χ3v) is 3.33. The smallest absolute Gasteiger partial charge is 0.244 e. The van der Waals surface area contributed by atoms with Gasteiger partial charge in [0.2, 0.25) is 0 Å². The van der Waals surface area contributed by atoms with E-state index in [2.05, 4.69) is 23.8 Å². The van der Waals surface area contributed by atoms with E-state index >= 15 is 0 Å². The van der Waals surface area contributed by atoms with E-state index < -0.39 is 0 Å². The highest BCUT2D eigenvalue weighted by Gasteiger charge is 2.17. The lowest BCUT2D eigenvalue weighted by atomic mass is 10.0. The maximum absolute atomic E-state index is 11.3. The Hall–Kier alpha value is -0.990. The summed E-state index contributed by atoms with van der Waals surface area (Å²) in [5, 5.41) is 0. The Morgan fingerprint density at radius 1 is 0.722 bits per heavy atom. The normalized spacial score (nSPS) is 14.9. The van der Waals surface area contributed by atoms with Crippen molar-refractivity contribution in [1.82, 2.24) is 0 Å². The molecule has 0 spiro atoms. The summed E-state index contributed by atoms with van der Waals surface area (Å²) in [7, 11) is 0. The zero-order valence-corrected chi connectivity index (χ0v) is 11.9. The van der Waals surface area contributed by atoms with Gasteiger partial charge < -0.3 is 0 Å². The molecule has 0 bridgehead atoms. The Morgan fingerprint density at radius 3 is 1.56 bits per heavy atom. The number of aliphatic imine (C=N–C) groups is 2. The fraction of sp³-hybridized carbons (Fsp3) is 0.800. The van der Waals surface area contributed by atoms with Gasteiger partial charge in [-0.1, -0.05) is 52.4 Å². The number of hydrogen-bond acceptors (Lipinski definition) is 1. The van der Waals surface area contributed by atoms with Crippen LogP contribution in [0, 0.1) is 0 Å². The van der Waals surface area contributed by atoms with Gasteiger partial charge in [0.25, 0.3) is 0 Å². The molecular weight excluding hydrogens is 224 g/mol. The number of hydrogen-bond donors (Lipinski definition) is 0. The first-order chi connectivity index (χ1) is 8.77. The second-order valence-corrected chi connectivity index (χ2v) is 5.02. The van der Waals surface area contributed by atoms with Crippen LogP contribution < -0.4 is 0 Å². The zero-order chi connectivity index (χ0) is 13.2. The molecule has 18 heavy (non-hydrogen) atoms. The molecule has 0 saturated carbocycles. The van der Waals surface area contributed by atoms with Crippen molar-refractivity contribution in [1.29, 1.82) is 0 Å². The highest BCUT2D eigenvalue weighted by molar-refractivity contribution is 6.47. The molecule has 0 N–H and O–H groups in total. The Labute approximate surface area is 111 Å². The molecule has 0 atom stereocenters. The summed E-state index contributed by atoms with van der Waals surface area (Å²) in [6.07, 6.45) is 11.6. The summed E-state index contributed by atoms with van der Waals surface area (Å²) in [6, 6.07) is -0.286. The van der Waals surface area contributed by atoms with Crippen LogP contribution in [0.5, 0.6) is 0 Å². The number of amides is 2. The lowest BCUT2D eigenvalue weighted by Gasteiger charge is -2.04. The molecule has 1 aliphatic rings. The lowest BCUT2D eigenvalue weighted by Crippen LogP contribution is -2.10. The molecule has 0 aromatic rings. The third kappa shape index (κ3) is 5.56. The second-order valence-electron chi connectivity index (χ2n) is 5.02. The molecule has 0 radical (unpaired) electrons. The number of carbonyl (C=O) groups excluding carboxylic acids is 1. The number of nitrogens with zero attached hydrogens (tertiary/aromatic N) is 2. The average Bonchev–Trinajstić information content (AvgIpc) is 2.71. The molecule has 0 unspecified atom stereocenters. The van der Waals surface area contributed by atoms with Gasteiger partial charge in [-0.2, -0.15) is 9.98 Å². The second kappa shape index (κ2) is 9.01. The van der Waals surface area contributed by atoms with Crippen LogP contribution in [0.1, 0.15) is 78.1 Å². The van der Waals surface area contributed by atoms with Gasteiger partial charge in [0.05, 0.1) is 11.4 Å². The average molecular weight is 250 g/mol. The Bertz CT molecular complexity index is 288. The number of urea groups is 1. The first-order valence-electron chi connectivity index (χ1n) is 7.47. The highest BCUT2D eigenvalue weighted by atomic mass is 16.2. The molecule has 3 heteroatoms. The summed E-state index contributed by atoms with van der Waals surface area (Å²) < 4.78 is 0. The first-order valence-corrected chi connectivity index (χ1v) is 7.47. The van der Waals surface area contributed by atoms with E-state index in [0.29, 0.717) is 0 Å². The molecule has 102 valence electrons. The summed E-state index contributed by atoms with van der Waals surface area (Å²) in [5.41, 5.74) is 1.93. The molecule has 1 heterocycles. The number of carbonyl (C=O) groups is 1. The maximum atomic E-state index is 11.3. The van der Waals surface area contributed by atoms with E-state index in [0.717, 1.165) is 37.1 Å². The van der Waals surface area contributed by atoms with Crippen molar-refractivity contribution >= 4 is 17.5 Å². The van der Waals surface area contributed by atoms with Crippen molar-refractivity contribution in [3.05, 3.63) is 0 Å². The Kier molecular flexibility index (Phi) is 7.54. The van der Waals surface area contributed by atoms with Crippen LogP contribution in [0.2, 0.25) is 0 Å². The van der Waals surface area contributed by atoms with Gasteiger partial charge in [0.15, 0.2) is 0 Å². The molecule has 1 rings (SSSR count). The molecule has 1 aliphatic heterocycles. The molecule has 3 nitrogen and oxygen atoms in total. The minimum Gasteiger partial charge on any atom is -0.244 e. The van der Waals surface area contributed by atoms with Crippen LogP contribution in [0.3, 0.4) is 0 Å². The Balaban J connectivity index is 2.29. The monoisotopic (exact) mass is 250 g/mol. The fourth-order valence-electron chi connectivity index (χ4n) is 2.22. The molecule has 0 aromatic heterocycles. The van der Waals surface area contributed by atoms with Crippen molar-refractivity contribution < 1.29 is 4.79 Å². The van der Waals surface area contributed by atoms with Gasteiger partial charge in [0.1, 0.15) is 0 Å². The van der Waals surface area contributed by atoms with Crippen molar-refractivity contribution in [2.24, 2.45) is 9.98 Å². The summed E-state index contributed by atoms with van der Waals surface area (Å²) >= 11 is 0. The van der Waals surface area contributed by atoms with Gasteiger partial charge in [0, 0.05) is 0 Å². The van der Waals surface area contributed by atoms with Crippen LogP contribution in [-0.2, 0) is 0 Å². The van der Waals surface area contributed by atoms with E-state index in [1.165, 1.54) is 38.5 Å². The van der Waals surface area contributed by atoms with Gasteiger partial charge in [-0.25, -0.2) is 4.79 Å². The predicted octanol–water partition coefficient (Wildman–Crippen LogP) is 4.94. The van der Waals surface area contributed by atoms with Crippen LogP contribution in [0.25, 0.3) is 0 Å². The van der Waals surface area contributed by atoms with Gasteiger partial charge in [-0.15, -0.1) is 0 Å².